The van der Waals surface area contributed by atoms with Crippen LogP contribution >= 0.6 is 0 Å². The van der Waals surface area contributed by atoms with Crippen molar-refractivity contribution in [1.82, 2.24) is 0 Å². The molecule has 0 saturated carbocycles. The standard InChI is InChI=1S/C32H26/c1-6-8-22-16-25(32(3,4)5)17-24-15-19(2)28-26-14-13-21-10-7-9-20-11-12-23(31(26)30(20)21)18-27(28)29(22)24/h7,9-18H,1-5H3. The van der Waals surface area contributed by atoms with Crippen LogP contribution in [0.4, 0.5) is 0 Å². The number of hydrogen-bond donors (Lipinski definition) is 0. The Morgan fingerprint density at radius 1 is 0.625 bits per heavy atom. The number of fused-ring (bicyclic) bond motifs is 4. The van der Waals surface area contributed by atoms with Crippen molar-refractivity contribution in [1.29, 1.82) is 0 Å². The number of benzene rings is 6. The van der Waals surface area contributed by atoms with Gasteiger partial charge in [0.15, 0.2) is 0 Å². The van der Waals surface area contributed by atoms with Crippen molar-refractivity contribution in [3.05, 3.63) is 83.4 Å². The lowest BCUT2D eigenvalue weighted by Gasteiger charge is -2.22. The summed E-state index contributed by atoms with van der Waals surface area (Å²) in [4.78, 5) is 0. The molecule has 0 aromatic heterocycles. The molecule has 0 fully saturated rings. The molecule has 6 aromatic carbocycles. The van der Waals surface area contributed by atoms with E-state index in [1.807, 2.05) is 6.92 Å². The van der Waals surface area contributed by atoms with E-state index < -0.39 is 0 Å². The smallest absolute Gasteiger partial charge is 0.0332 e. The first-order valence-electron chi connectivity index (χ1n) is 11.4. The molecule has 6 aromatic rings. The molecule has 0 nitrogen and oxygen atoms in total. The molecule has 0 aliphatic heterocycles. The van der Waals surface area contributed by atoms with E-state index in [-0.39, 0.29) is 5.41 Å². The predicted molar refractivity (Wildman–Crippen MR) is 141 cm³/mol. The van der Waals surface area contributed by atoms with E-state index in [4.69, 9.17) is 0 Å². The van der Waals surface area contributed by atoms with Gasteiger partial charge in [0.1, 0.15) is 0 Å². The Morgan fingerprint density at radius 3 is 2.06 bits per heavy atom. The Bertz CT molecular complexity index is 1750. The zero-order valence-electron chi connectivity index (χ0n) is 19.4. The van der Waals surface area contributed by atoms with Crippen LogP contribution in [0.3, 0.4) is 0 Å². The van der Waals surface area contributed by atoms with Crippen molar-refractivity contribution >= 4 is 53.9 Å². The Kier molecular flexibility index (Phi) is 3.87. The maximum absolute atomic E-state index is 3.43. The molecule has 6 rings (SSSR count). The van der Waals surface area contributed by atoms with Crippen LogP contribution in [0.15, 0.2) is 66.7 Å². The van der Waals surface area contributed by atoms with Gasteiger partial charge in [0.25, 0.3) is 0 Å². The summed E-state index contributed by atoms with van der Waals surface area (Å²) >= 11 is 0. The third-order valence-corrected chi connectivity index (χ3v) is 6.98. The second-order valence-electron chi connectivity index (χ2n) is 10.1. The van der Waals surface area contributed by atoms with Gasteiger partial charge in [-0.25, -0.2) is 0 Å². The molecule has 0 N–H and O–H groups in total. The van der Waals surface area contributed by atoms with Crippen molar-refractivity contribution in [3.8, 4) is 11.8 Å². The summed E-state index contributed by atoms with van der Waals surface area (Å²) in [6, 6.07) is 25.2. The van der Waals surface area contributed by atoms with Crippen molar-refractivity contribution in [2.75, 3.05) is 0 Å². The van der Waals surface area contributed by atoms with E-state index in [1.165, 1.54) is 65.0 Å². The Balaban J connectivity index is 1.89. The highest BCUT2D eigenvalue weighted by molar-refractivity contribution is 6.32. The van der Waals surface area contributed by atoms with Crippen molar-refractivity contribution < 1.29 is 0 Å². The van der Waals surface area contributed by atoms with Gasteiger partial charge in [0.05, 0.1) is 0 Å². The van der Waals surface area contributed by atoms with Gasteiger partial charge in [-0.1, -0.05) is 81.3 Å². The largest absolute Gasteiger partial charge is 0.101 e. The van der Waals surface area contributed by atoms with Crippen LogP contribution in [-0.2, 0) is 5.41 Å². The van der Waals surface area contributed by atoms with Crippen LogP contribution in [0.5, 0.6) is 0 Å². The Hall–Kier alpha value is -3.56. The molecule has 0 aliphatic rings. The fourth-order valence-corrected chi connectivity index (χ4v) is 5.48. The van der Waals surface area contributed by atoms with Gasteiger partial charge < -0.3 is 0 Å². The third-order valence-electron chi connectivity index (χ3n) is 6.98. The third kappa shape index (κ3) is 2.58. The summed E-state index contributed by atoms with van der Waals surface area (Å²) in [5, 5.41) is 13.2. The van der Waals surface area contributed by atoms with E-state index in [9.17, 15) is 0 Å². The van der Waals surface area contributed by atoms with Gasteiger partial charge in [0.2, 0.25) is 0 Å². The van der Waals surface area contributed by atoms with Crippen molar-refractivity contribution in [2.24, 2.45) is 0 Å². The molecule has 0 heteroatoms. The SMILES string of the molecule is CC#Cc1cc(C(C)(C)C)cc2cc(C)c3c(cc4ccc5cccc6ccc3c4c56)c12. The summed E-state index contributed by atoms with van der Waals surface area (Å²) in [7, 11) is 0. The molecular formula is C32H26. The summed E-state index contributed by atoms with van der Waals surface area (Å²) in [6.07, 6.45) is 0. The second-order valence-corrected chi connectivity index (χ2v) is 10.1. The molecule has 154 valence electrons. The highest BCUT2D eigenvalue weighted by atomic mass is 14.2. The molecule has 0 unspecified atom stereocenters. The van der Waals surface area contributed by atoms with E-state index in [0.717, 1.165) is 5.56 Å². The summed E-state index contributed by atoms with van der Waals surface area (Å²) in [5.41, 5.74) is 3.87. The lowest BCUT2D eigenvalue weighted by molar-refractivity contribution is 0.591. The van der Waals surface area contributed by atoms with Gasteiger partial charge in [0, 0.05) is 10.9 Å². The van der Waals surface area contributed by atoms with Crippen LogP contribution in [0.2, 0.25) is 0 Å². The highest BCUT2D eigenvalue weighted by Crippen LogP contribution is 2.43. The zero-order chi connectivity index (χ0) is 22.2. The Morgan fingerprint density at radius 2 is 1.34 bits per heavy atom. The highest BCUT2D eigenvalue weighted by Gasteiger charge is 2.19. The molecule has 0 atom stereocenters. The van der Waals surface area contributed by atoms with Gasteiger partial charge in [-0.3, -0.25) is 0 Å². The van der Waals surface area contributed by atoms with Gasteiger partial charge >= 0.3 is 0 Å². The fourth-order valence-electron chi connectivity index (χ4n) is 5.48. The fraction of sp³-hybridized carbons (Fsp3) is 0.188. The molecule has 0 radical (unpaired) electrons. The molecule has 0 aliphatic carbocycles. The second kappa shape index (κ2) is 6.47. The topological polar surface area (TPSA) is 0 Å². The normalized spacial score (nSPS) is 12.3. The first kappa shape index (κ1) is 19.1. The summed E-state index contributed by atoms with van der Waals surface area (Å²) in [5.74, 6) is 6.60. The number of aryl methyl sites for hydroxylation is 1. The molecular weight excluding hydrogens is 384 g/mol. The zero-order valence-corrected chi connectivity index (χ0v) is 19.4. The molecule has 0 heterocycles. The molecule has 0 saturated heterocycles. The van der Waals surface area contributed by atoms with Gasteiger partial charge in [-0.05, 0) is 91.0 Å². The maximum atomic E-state index is 3.43. The molecule has 0 amide bonds. The van der Waals surface area contributed by atoms with E-state index in [0.29, 0.717) is 0 Å². The van der Waals surface area contributed by atoms with Crippen molar-refractivity contribution in [3.63, 3.8) is 0 Å². The Labute approximate surface area is 189 Å². The molecule has 0 spiro atoms. The van der Waals surface area contributed by atoms with Crippen molar-refractivity contribution in [2.45, 2.75) is 40.0 Å². The monoisotopic (exact) mass is 410 g/mol. The van der Waals surface area contributed by atoms with E-state index >= 15 is 0 Å². The lowest BCUT2D eigenvalue weighted by Crippen LogP contribution is -2.11. The minimum absolute atomic E-state index is 0.0780. The van der Waals surface area contributed by atoms with Crippen LogP contribution in [0, 0.1) is 18.8 Å². The van der Waals surface area contributed by atoms with Gasteiger partial charge in [-0.15, -0.1) is 5.92 Å². The minimum atomic E-state index is 0.0780. The minimum Gasteiger partial charge on any atom is -0.101 e. The van der Waals surface area contributed by atoms with E-state index in [2.05, 4.69) is 106 Å². The van der Waals surface area contributed by atoms with Crippen LogP contribution in [-0.4, -0.2) is 0 Å². The average Bonchev–Trinajstić information content (AvgIpc) is 2.76. The van der Waals surface area contributed by atoms with Crippen LogP contribution in [0.1, 0.15) is 44.4 Å². The molecule has 0 bridgehead atoms. The maximum Gasteiger partial charge on any atom is 0.0332 e. The predicted octanol–water partition coefficient (Wildman–Crippen LogP) is 8.87. The van der Waals surface area contributed by atoms with Crippen LogP contribution in [0.25, 0.3) is 53.9 Å². The first-order chi connectivity index (χ1) is 15.4. The lowest BCUT2D eigenvalue weighted by atomic mass is 9.82. The van der Waals surface area contributed by atoms with Crippen LogP contribution < -0.4 is 0 Å². The molecule has 32 heavy (non-hydrogen) atoms. The quantitative estimate of drug-likeness (QED) is 0.133. The summed E-state index contributed by atoms with van der Waals surface area (Å²) < 4.78 is 0. The van der Waals surface area contributed by atoms with Gasteiger partial charge in [-0.2, -0.15) is 0 Å². The number of hydrogen-bond acceptors (Lipinski definition) is 0. The first-order valence-corrected chi connectivity index (χ1v) is 11.4. The number of rotatable bonds is 0. The summed E-state index contributed by atoms with van der Waals surface area (Å²) in [6.45, 7) is 11.0. The average molecular weight is 411 g/mol. The van der Waals surface area contributed by atoms with E-state index in [1.54, 1.807) is 0 Å².